The van der Waals surface area contributed by atoms with Crippen LogP contribution in [-0.2, 0) is 0 Å². The Balaban J connectivity index is 1.49. The van der Waals surface area contributed by atoms with Crippen LogP contribution >= 0.6 is 0 Å². The van der Waals surface area contributed by atoms with Gasteiger partial charge in [0.15, 0.2) is 0 Å². The van der Waals surface area contributed by atoms with Gasteiger partial charge in [-0.25, -0.2) is 0 Å². The smallest absolute Gasteiger partial charge is 0.269 e. The molecular formula is C26H21N3O2. The third kappa shape index (κ3) is 5.16. The van der Waals surface area contributed by atoms with Gasteiger partial charge in [0.1, 0.15) is 0 Å². The van der Waals surface area contributed by atoms with Gasteiger partial charge in [-0.15, -0.1) is 0 Å². The van der Waals surface area contributed by atoms with Gasteiger partial charge in [-0.1, -0.05) is 60.7 Å². The molecule has 0 aliphatic heterocycles. The minimum atomic E-state index is -0.395. The fourth-order valence-electron chi connectivity index (χ4n) is 3.13. The Morgan fingerprint density at radius 1 is 0.645 bits per heavy atom. The Hall–Kier alpha value is -4.38. The van der Waals surface area contributed by atoms with Gasteiger partial charge in [-0.05, 0) is 59.7 Å². The Morgan fingerprint density at radius 2 is 1.10 bits per heavy atom. The first-order valence-corrected chi connectivity index (χ1v) is 9.88. The van der Waals surface area contributed by atoms with E-state index in [1.807, 2.05) is 77.8 Å². The third-order valence-corrected chi connectivity index (χ3v) is 4.75. The highest BCUT2D eigenvalue weighted by molar-refractivity contribution is 5.72. The summed E-state index contributed by atoms with van der Waals surface area (Å²) in [7, 11) is 0. The standard InChI is InChI=1S/C26H21N3O2/c30-29(31)26-19-15-22(16-20-26)12-11-21-13-17-23(18-14-21)27-28(24-7-3-1-4-8-24)25-9-5-2-6-10-25/h1-20,27H/b12-11+. The van der Waals surface area contributed by atoms with E-state index in [0.29, 0.717) is 0 Å². The van der Waals surface area contributed by atoms with Gasteiger partial charge in [-0.3, -0.25) is 20.5 Å². The van der Waals surface area contributed by atoms with E-state index in [1.165, 1.54) is 12.1 Å². The van der Waals surface area contributed by atoms with E-state index in [1.54, 1.807) is 12.1 Å². The number of hydrazine groups is 1. The largest absolute Gasteiger partial charge is 0.294 e. The molecule has 0 bridgehead atoms. The van der Waals surface area contributed by atoms with Crippen LogP contribution in [-0.4, -0.2) is 4.92 Å². The van der Waals surface area contributed by atoms with E-state index in [9.17, 15) is 10.1 Å². The van der Waals surface area contributed by atoms with Gasteiger partial charge < -0.3 is 0 Å². The second kappa shape index (κ2) is 9.41. The Labute approximate surface area is 181 Å². The van der Waals surface area contributed by atoms with Crippen molar-refractivity contribution in [3.63, 3.8) is 0 Å². The summed E-state index contributed by atoms with van der Waals surface area (Å²) in [5.41, 5.74) is 8.55. The van der Waals surface area contributed by atoms with Crippen molar-refractivity contribution in [3.05, 3.63) is 130 Å². The lowest BCUT2D eigenvalue weighted by Gasteiger charge is -2.26. The number of benzene rings is 4. The van der Waals surface area contributed by atoms with Crippen LogP contribution in [0.5, 0.6) is 0 Å². The van der Waals surface area contributed by atoms with E-state index in [-0.39, 0.29) is 5.69 Å². The van der Waals surface area contributed by atoms with Crippen molar-refractivity contribution < 1.29 is 4.92 Å². The van der Waals surface area contributed by atoms with Gasteiger partial charge in [-0.2, -0.15) is 0 Å². The van der Waals surface area contributed by atoms with Crippen LogP contribution in [0.4, 0.5) is 22.7 Å². The molecule has 0 saturated heterocycles. The number of hydrogen-bond acceptors (Lipinski definition) is 4. The van der Waals surface area contributed by atoms with E-state index >= 15 is 0 Å². The van der Waals surface area contributed by atoms with Crippen LogP contribution in [0.1, 0.15) is 11.1 Å². The van der Waals surface area contributed by atoms with Gasteiger partial charge in [0.2, 0.25) is 0 Å². The third-order valence-electron chi connectivity index (χ3n) is 4.75. The van der Waals surface area contributed by atoms with Gasteiger partial charge in [0, 0.05) is 12.1 Å². The zero-order valence-electron chi connectivity index (χ0n) is 16.8. The minimum Gasteiger partial charge on any atom is -0.294 e. The summed E-state index contributed by atoms with van der Waals surface area (Å²) < 4.78 is 0. The van der Waals surface area contributed by atoms with Crippen LogP contribution in [0, 0.1) is 10.1 Å². The summed E-state index contributed by atoms with van der Waals surface area (Å²) in [4.78, 5) is 10.4. The molecule has 31 heavy (non-hydrogen) atoms. The molecule has 4 aromatic carbocycles. The number of non-ortho nitro benzene ring substituents is 1. The highest BCUT2D eigenvalue weighted by atomic mass is 16.6. The Morgan fingerprint density at radius 3 is 1.55 bits per heavy atom. The van der Waals surface area contributed by atoms with Crippen LogP contribution in [0.2, 0.25) is 0 Å². The van der Waals surface area contributed by atoms with Crippen molar-refractivity contribution in [1.29, 1.82) is 0 Å². The number of hydrogen-bond donors (Lipinski definition) is 1. The van der Waals surface area contributed by atoms with Crippen molar-refractivity contribution in [2.24, 2.45) is 0 Å². The average molecular weight is 407 g/mol. The zero-order valence-corrected chi connectivity index (χ0v) is 16.8. The van der Waals surface area contributed by atoms with Crippen molar-refractivity contribution >= 4 is 34.9 Å². The van der Waals surface area contributed by atoms with E-state index < -0.39 is 4.92 Å². The maximum Gasteiger partial charge on any atom is 0.269 e. The summed E-state index contributed by atoms with van der Waals surface area (Å²) in [6.07, 6.45) is 3.92. The molecule has 5 nitrogen and oxygen atoms in total. The van der Waals surface area contributed by atoms with Crippen molar-refractivity contribution in [3.8, 4) is 0 Å². The number of anilines is 3. The fourth-order valence-corrected chi connectivity index (χ4v) is 3.13. The van der Waals surface area contributed by atoms with E-state index in [2.05, 4.69) is 29.7 Å². The quantitative estimate of drug-likeness (QED) is 0.205. The lowest BCUT2D eigenvalue weighted by Crippen LogP contribution is -2.24. The van der Waals surface area contributed by atoms with Crippen LogP contribution < -0.4 is 10.4 Å². The van der Waals surface area contributed by atoms with Crippen LogP contribution in [0.25, 0.3) is 12.2 Å². The monoisotopic (exact) mass is 407 g/mol. The molecule has 152 valence electrons. The molecule has 4 aromatic rings. The summed E-state index contributed by atoms with van der Waals surface area (Å²) in [5.74, 6) is 0. The number of para-hydroxylation sites is 2. The van der Waals surface area contributed by atoms with Gasteiger partial charge in [0.25, 0.3) is 5.69 Å². The second-order valence-corrected chi connectivity index (χ2v) is 6.92. The maximum absolute atomic E-state index is 10.8. The molecule has 0 unspecified atom stereocenters. The predicted molar refractivity (Wildman–Crippen MR) is 127 cm³/mol. The maximum atomic E-state index is 10.8. The zero-order chi connectivity index (χ0) is 21.5. The molecule has 0 aliphatic carbocycles. The molecule has 0 aliphatic rings. The van der Waals surface area contributed by atoms with Gasteiger partial charge >= 0.3 is 0 Å². The first-order chi connectivity index (χ1) is 15.2. The molecule has 0 aromatic heterocycles. The lowest BCUT2D eigenvalue weighted by atomic mass is 10.1. The predicted octanol–water partition coefficient (Wildman–Crippen LogP) is 6.93. The highest BCUT2D eigenvalue weighted by Gasteiger charge is 2.08. The Kier molecular flexibility index (Phi) is 6.05. The highest BCUT2D eigenvalue weighted by Crippen LogP contribution is 2.26. The van der Waals surface area contributed by atoms with Gasteiger partial charge in [0.05, 0.1) is 22.0 Å². The second-order valence-electron chi connectivity index (χ2n) is 6.92. The molecule has 0 fully saturated rings. The summed E-state index contributed by atoms with van der Waals surface area (Å²) in [5, 5.41) is 12.8. The van der Waals surface area contributed by atoms with Crippen molar-refractivity contribution in [1.82, 2.24) is 0 Å². The molecule has 0 heterocycles. The molecule has 4 rings (SSSR count). The molecule has 1 N–H and O–H groups in total. The summed E-state index contributed by atoms with van der Waals surface area (Å²) >= 11 is 0. The molecule has 0 saturated carbocycles. The molecule has 0 amide bonds. The molecular weight excluding hydrogens is 386 g/mol. The van der Waals surface area contributed by atoms with E-state index in [0.717, 1.165) is 28.2 Å². The Bertz CT molecular complexity index is 1120. The average Bonchev–Trinajstić information content (AvgIpc) is 2.83. The van der Waals surface area contributed by atoms with Crippen molar-refractivity contribution in [2.75, 3.05) is 10.4 Å². The number of nitro benzene ring substituents is 1. The number of rotatable bonds is 7. The number of nitrogens with zero attached hydrogens (tertiary/aromatic N) is 2. The SMILES string of the molecule is O=[N+]([O-])c1ccc(/C=C/c2ccc(NN(c3ccccc3)c3ccccc3)cc2)cc1. The van der Waals surface area contributed by atoms with E-state index in [4.69, 9.17) is 0 Å². The molecule has 5 heteroatoms. The van der Waals surface area contributed by atoms with Crippen LogP contribution in [0.3, 0.4) is 0 Å². The van der Waals surface area contributed by atoms with Crippen molar-refractivity contribution in [2.45, 2.75) is 0 Å². The summed E-state index contributed by atoms with van der Waals surface area (Å²) in [6.45, 7) is 0. The normalized spacial score (nSPS) is 10.7. The van der Waals surface area contributed by atoms with Crippen LogP contribution in [0.15, 0.2) is 109 Å². The molecule has 0 radical (unpaired) electrons. The first kappa shape index (κ1) is 19.9. The minimum absolute atomic E-state index is 0.0916. The summed E-state index contributed by atoms with van der Waals surface area (Å²) in [6, 6.07) is 34.9. The lowest BCUT2D eigenvalue weighted by molar-refractivity contribution is -0.384. The number of nitrogens with one attached hydrogen (secondary N) is 1. The topological polar surface area (TPSA) is 58.4 Å². The first-order valence-electron chi connectivity index (χ1n) is 9.88. The number of nitro groups is 1. The molecule has 0 atom stereocenters. The fraction of sp³-hybridized carbons (Fsp3) is 0. The molecule has 0 spiro atoms.